The second-order valence-corrected chi connectivity index (χ2v) is 5.95. The molecule has 2 unspecified atom stereocenters. The van der Waals surface area contributed by atoms with Crippen molar-refractivity contribution in [3.8, 4) is 0 Å². The lowest BCUT2D eigenvalue weighted by Gasteiger charge is -2.34. The normalized spacial score (nSPS) is 21.2. The minimum absolute atomic E-state index is 0.237. The van der Waals surface area contributed by atoms with Crippen LogP contribution in [0.4, 0.5) is 0 Å². The van der Waals surface area contributed by atoms with Crippen molar-refractivity contribution in [1.29, 1.82) is 5.41 Å². The highest BCUT2D eigenvalue weighted by Crippen LogP contribution is 2.31. The number of nitrogens with one attached hydrogen (secondary N) is 1. The van der Waals surface area contributed by atoms with Crippen LogP contribution in [0.1, 0.15) is 30.9 Å². The van der Waals surface area contributed by atoms with Crippen LogP contribution in [0.5, 0.6) is 0 Å². The fourth-order valence-corrected chi connectivity index (χ4v) is 3.20. The van der Waals surface area contributed by atoms with Crippen molar-refractivity contribution in [2.24, 2.45) is 5.73 Å². The largest absolute Gasteiger partial charge is 0.388 e. The molecule has 0 spiro atoms. The zero-order valence-corrected chi connectivity index (χ0v) is 12.5. The summed E-state index contributed by atoms with van der Waals surface area (Å²) in [6.45, 7) is 2.17. The standard InChI is InChI=1S/C16H26N4/c1-19(2)12-14-9-6-10-20(14)15(11-16(17)18)13-7-4-3-5-8-13/h3-5,7-8,14-15H,6,9-12H2,1-2H3,(H3,17,18). The molecule has 0 radical (unpaired) electrons. The number of benzene rings is 1. The first kappa shape index (κ1) is 15.0. The van der Waals surface area contributed by atoms with Crippen LogP contribution in [0.2, 0.25) is 0 Å². The molecule has 4 nitrogen and oxygen atoms in total. The molecular formula is C16H26N4. The molecule has 1 saturated heterocycles. The van der Waals surface area contributed by atoms with Crippen LogP contribution in [-0.2, 0) is 0 Å². The van der Waals surface area contributed by atoms with E-state index >= 15 is 0 Å². The van der Waals surface area contributed by atoms with Crippen molar-refractivity contribution in [2.45, 2.75) is 31.3 Å². The molecule has 1 aromatic carbocycles. The third kappa shape index (κ3) is 3.81. The average Bonchev–Trinajstić information content (AvgIpc) is 2.84. The Morgan fingerprint density at radius 2 is 2.10 bits per heavy atom. The monoisotopic (exact) mass is 274 g/mol. The lowest BCUT2D eigenvalue weighted by Crippen LogP contribution is -2.41. The van der Waals surface area contributed by atoms with E-state index < -0.39 is 0 Å². The average molecular weight is 274 g/mol. The van der Waals surface area contributed by atoms with Crippen LogP contribution >= 0.6 is 0 Å². The van der Waals surface area contributed by atoms with E-state index in [0.29, 0.717) is 12.5 Å². The van der Waals surface area contributed by atoms with Crippen LogP contribution in [0.3, 0.4) is 0 Å². The molecule has 1 aliphatic rings. The second kappa shape index (κ2) is 6.86. The van der Waals surface area contributed by atoms with Crippen LogP contribution in [0, 0.1) is 5.41 Å². The van der Waals surface area contributed by atoms with Crippen molar-refractivity contribution in [2.75, 3.05) is 27.2 Å². The summed E-state index contributed by atoms with van der Waals surface area (Å²) in [6.07, 6.45) is 3.09. The molecule has 2 atom stereocenters. The minimum Gasteiger partial charge on any atom is -0.388 e. The second-order valence-electron chi connectivity index (χ2n) is 5.95. The molecule has 0 aromatic heterocycles. The van der Waals surface area contributed by atoms with E-state index in [9.17, 15) is 0 Å². The molecule has 0 amide bonds. The zero-order valence-electron chi connectivity index (χ0n) is 12.5. The molecule has 1 heterocycles. The first-order valence-corrected chi connectivity index (χ1v) is 7.36. The number of nitrogens with zero attached hydrogens (tertiary/aromatic N) is 2. The van der Waals surface area contributed by atoms with Crippen LogP contribution in [0.25, 0.3) is 0 Å². The molecule has 0 bridgehead atoms. The van der Waals surface area contributed by atoms with E-state index in [4.69, 9.17) is 11.1 Å². The Bertz CT molecular complexity index is 429. The Hall–Kier alpha value is -1.39. The molecule has 3 N–H and O–H groups in total. The van der Waals surface area contributed by atoms with E-state index in [2.05, 4.69) is 48.2 Å². The summed E-state index contributed by atoms with van der Waals surface area (Å²) < 4.78 is 0. The smallest absolute Gasteiger partial charge is 0.0924 e. The van der Waals surface area contributed by atoms with Crippen LogP contribution in [0.15, 0.2) is 30.3 Å². The number of likely N-dealkylation sites (tertiary alicyclic amines) is 1. The highest BCUT2D eigenvalue weighted by Gasteiger charge is 2.32. The summed E-state index contributed by atoms with van der Waals surface area (Å²) in [5.74, 6) is 0.273. The lowest BCUT2D eigenvalue weighted by molar-refractivity contribution is 0.155. The van der Waals surface area contributed by atoms with Crippen molar-refractivity contribution < 1.29 is 0 Å². The maximum absolute atomic E-state index is 7.69. The molecule has 20 heavy (non-hydrogen) atoms. The van der Waals surface area contributed by atoms with Crippen molar-refractivity contribution >= 4 is 5.84 Å². The van der Waals surface area contributed by atoms with Gasteiger partial charge < -0.3 is 10.6 Å². The van der Waals surface area contributed by atoms with Gasteiger partial charge in [-0.25, -0.2) is 0 Å². The van der Waals surface area contributed by atoms with Gasteiger partial charge >= 0.3 is 0 Å². The quantitative estimate of drug-likeness (QED) is 0.617. The van der Waals surface area contributed by atoms with Crippen molar-refractivity contribution in [3.05, 3.63) is 35.9 Å². The highest BCUT2D eigenvalue weighted by atomic mass is 15.2. The summed E-state index contributed by atoms with van der Waals surface area (Å²) in [7, 11) is 4.25. The molecule has 0 saturated carbocycles. The topological polar surface area (TPSA) is 56.4 Å². The van der Waals surface area contributed by atoms with Gasteiger partial charge in [-0.15, -0.1) is 0 Å². The predicted molar refractivity (Wildman–Crippen MR) is 84.0 cm³/mol. The number of hydrogen-bond donors (Lipinski definition) is 2. The molecule has 4 heteroatoms. The third-order valence-electron chi connectivity index (χ3n) is 4.00. The fraction of sp³-hybridized carbons (Fsp3) is 0.562. The van der Waals surface area contributed by atoms with Gasteiger partial charge in [0.05, 0.1) is 5.84 Å². The Balaban J connectivity index is 2.19. The molecular weight excluding hydrogens is 248 g/mol. The number of rotatable bonds is 6. The zero-order chi connectivity index (χ0) is 14.5. The van der Waals surface area contributed by atoms with E-state index in [1.54, 1.807) is 0 Å². The van der Waals surface area contributed by atoms with Gasteiger partial charge in [0.25, 0.3) is 0 Å². The SMILES string of the molecule is CN(C)CC1CCCN1C(CC(=N)N)c1ccccc1. The number of hydrogen-bond acceptors (Lipinski definition) is 3. The van der Waals surface area contributed by atoms with Crippen LogP contribution < -0.4 is 5.73 Å². The number of likely N-dealkylation sites (N-methyl/N-ethyl adjacent to an activating group) is 1. The van der Waals surface area contributed by atoms with Crippen LogP contribution in [-0.4, -0.2) is 48.9 Å². The van der Waals surface area contributed by atoms with Gasteiger partial charge in [0, 0.05) is 25.0 Å². The van der Waals surface area contributed by atoms with Gasteiger partial charge in [0.1, 0.15) is 0 Å². The summed E-state index contributed by atoms with van der Waals surface area (Å²) >= 11 is 0. The molecule has 0 aliphatic carbocycles. The fourth-order valence-electron chi connectivity index (χ4n) is 3.20. The van der Waals surface area contributed by atoms with E-state index in [1.165, 1.54) is 18.4 Å². The Morgan fingerprint density at radius 3 is 2.70 bits per heavy atom. The van der Waals surface area contributed by atoms with Gasteiger partial charge in [-0.05, 0) is 39.0 Å². The molecule has 1 aromatic rings. The van der Waals surface area contributed by atoms with Gasteiger partial charge in [0.2, 0.25) is 0 Å². The molecule has 1 fully saturated rings. The number of amidine groups is 1. The summed E-state index contributed by atoms with van der Waals surface area (Å²) in [6, 6.07) is 11.3. The summed E-state index contributed by atoms with van der Waals surface area (Å²) in [5.41, 5.74) is 6.96. The van der Waals surface area contributed by atoms with Gasteiger partial charge in [-0.1, -0.05) is 30.3 Å². The van der Waals surface area contributed by atoms with Crippen molar-refractivity contribution in [3.63, 3.8) is 0 Å². The highest BCUT2D eigenvalue weighted by molar-refractivity contribution is 5.77. The van der Waals surface area contributed by atoms with E-state index in [1.807, 2.05) is 6.07 Å². The Labute approximate surface area is 122 Å². The third-order valence-corrected chi connectivity index (χ3v) is 4.00. The lowest BCUT2D eigenvalue weighted by atomic mass is 10.0. The molecule has 110 valence electrons. The maximum Gasteiger partial charge on any atom is 0.0924 e. The number of nitrogens with two attached hydrogens (primary N) is 1. The summed E-state index contributed by atoms with van der Waals surface area (Å²) in [4.78, 5) is 4.79. The van der Waals surface area contributed by atoms with E-state index in [0.717, 1.165) is 13.1 Å². The van der Waals surface area contributed by atoms with Gasteiger partial charge in [-0.2, -0.15) is 0 Å². The molecule has 1 aliphatic heterocycles. The predicted octanol–water partition coefficient (Wildman–Crippen LogP) is 2.08. The summed E-state index contributed by atoms with van der Waals surface area (Å²) in [5, 5.41) is 7.69. The molecule has 2 rings (SSSR count). The van der Waals surface area contributed by atoms with Gasteiger partial charge in [-0.3, -0.25) is 10.3 Å². The maximum atomic E-state index is 7.69. The minimum atomic E-state index is 0.237. The first-order chi connectivity index (χ1) is 9.58. The first-order valence-electron chi connectivity index (χ1n) is 7.36. The van der Waals surface area contributed by atoms with Crippen molar-refractivity contribution in [1.82, 2.24) is 9.80 Å². The Kier molecular flexibility index (Phi) is 5.15. The van der Waals surface area contributed by atoms with Gasteiger partial charge in [0.15, 0.2) is 0 Å². The van der Waals surface area contributed by atoms with E-state index in [-0.39, 0.29) is 11.9 Å². The Morgan fingerprint density at radius 1 is 1.40 bits per heavy atom.